The van der Waals surface area contributed by atoms with Gasteiger partial charge in [-0.05, 0) is 56.4 Å². The van der Waals surface area contributed by atoms with Crippen LogP contribution in [0.4, 0.5) is 0 Å². The van der Waals surface area contributed by atoms with Crippen molar-refractivity contribution >= 4 is 0 Å². The monoisotopic (exact) mass is 192 g/mol. The van der Waals surface area contributed by atoms with Crippen LogP contribution >= 0.6 is 0 Å². The molecule has 0 spiro atoms. The fourth-order valence-corrected chi connectivity index (χ4v) is 1.77. The van der Waals surface area contributed by atoms with Crippen LogP contribution < -0.4 is 0 Å². The molecule has 0 amide bonds. The first-order valence-corrected chi connectivity index (χ1v) is 5.19. The molecule has 1 N–H and O–H groups in total. The van der Waals surface area contributed by atoms with Gasteiger partial charge >= 0.3 is 0 Å². The van der Waals surface area contributed by atoms with Crippen molar-refractivity contribution in [2.75, 3.05) is 0 Å². The quantitative estimate of drug-likeness (QED) is 0.763. The molecule has 0 aliphatic rings. The van der Waals surface area contributed by atoms with Crippen molar-refractivity contribution in [3.05, 3.63) is 34.4 Å². The summed E-state index contributed by atoms with van der Waals surface area (Å²) >= 11 is 0. The molecule has 1 aromatic rings. The Labute approximate surface area is 86.8 Å². The molecule has 1 rings (SSSR count). The molecule has 0 heterocycles. The molecule has 0 saturated carbocycles. The van der Waals surface area contributed by atoms with E-state index in [0.717, 1.165) is 12.0 Å². The van der Waals surface area contributed by atoms with Crippen LogP contribution in [-0.2, 0) is 12.0 Å². The Bertz CT molecular complexity index is 332. The number of hydrogen-bond donors (Lipinski definition) is 1. The Balaban J connectivity index is 3.35. The van der Waals surface area contributed by atoms with Crippen molar-refractivity contribution in [1.82, 2.24) is 0 Å². The normalized spacial score (nSPS) is 11.9. The highest BCUT2D eigenvalue weighted by atomic mass is 16.3. The lowest BCUT2D eigenvalue weighted by Crippen LogP contribution is -2.18. The molecular weight excluding hydrogens is 172 g/mol. The van der Waals surface area contributed by atoms with E-state index in [-0.39, 0.29) is 0 Å². The minimum atomic E-state index is -0.736. The fraction of sp³-hybridized carbons (Fsp3) is 0.538. The van der Waals surface area contributed by atoms with Crippen molar-refractivity contribution < 1.29 is 5.11 Å². The molecule has 0 atom stereocenters. The van der Waals surface area contributed by atoms with Gasteiger partial charge in [0.25, 0.3) is 0 Å². The van der Waals surface area contributed by atoms with Crippen molar-refractivity contribution in [3.63, 3.8) is 0 Å². The van der Waals surface area contributed by atoms with Gasteiger partial charge < -0.3 is 5.11 Å². The third-order valence-corrected chi connectivity index (χ3v) is 2.79. The maximum Gasteiger partial charge on any atom is 0.0843 e. The van der Waals surface area contributed by atoms with E-state index < -0.39 is 5.60 Å². The Morgan fingerprint density at radius 3 is 2.21 bits per heavy atom. The molecule has 0 aliphatic carbocycles. The standard InChI is InChI=1S/C13H20O/c1-6-11-7-9(2)10(3)12(8-11)13(4,5)14/h7-8,14H,6H2,1-5H3. The van der Waals surface area contributed by atoms with Crippen molar-refractivity contribution in [2.45, 2.75) is 46.6 Å². The molecule has 0 fully saturated rings. The zero-order chi connectivity index (χ0) is 10.9. The number of aryl methyl sites for hydroxylation is 2. The van der Waals surface area contributed by atoms with Gasteiger partial charge in [-0.2, -0.15) is 0 Å². The van der Waals surface area contributed by atoms with Crippen LogP contribution in [0.15, 0.2) is 12.1 Å². The van der Waals surface area contributed by atoms with Gasteiger partial charge in [-0.15, -0.1) is 0 Å². The van der Waals surface area contributed by atoms with Crippen molar-refractivity contribution in [2.24, 2.45) is 0 Å². The van der Waals surface area contributed by atoms with Gasteiger partial charge in [0.2, 0.25) is 0 Å². The van der Waals surface area contributed by atoms with Crippen molar-refractivity contribution in [3.8, 4) is 0 Å². The summed E-state index contributed by atoms with van der Waals surface area (Å²) in [5.41, 5.74) is 4.08. The smallest absolute Gasteiger partial charge is 0.0843 e. The van der Waals surface area contributed by atoms with Gasteiger partial charge in [-0.1, -0.05) is 19.1 Å². The number of benzene rings is 1. The van der Waals surface area contributed by atoms with E-state index >= 15 is 0 Å². The highest BCUT2D eigenvalue weighted by molar-refractivity contribution is 5.40. The first-order chi connectivity index (χ1) is 6.36. The Morgan fingerprint density at radius 2 is 1.79 bits per heavy atom. The van der Waals surface area contributed by atoms with E-state index in [4.69, 9.17) is 0 Å². The van der Waals surface area contributed by atoms with Crippen molar-refractivity contribution in [1.29, 1.82) is 0 Å². The van der Waals surface area contributed by atoms with Crippen LogP contribution in [0.25, 0.3) is 0 Å². The summed E-state index contributed by atoms with van der Waals surface area (Å²) < 4.78 is 0. The van der Waals surface area contributed by atoms with Gasteiger partial charge in [-0.25, -0.2) is 0 Å². The second-order valence-corrected chi connectivity index (χ2v) is 4.50. The molecule has 1 heteroatoms. The molecule has 78 valence electrons. The number of hydrogen-bond acceptors (Lipinski definition) is 1. The third-order valence-electron chi connectivity index (χ3n) is 2.79. The lowest BCUT2D eigenvalue weighted by Gasteiger charge is -2.22. The van der Waals surface area contributed by atoms with Gasteiger partial charge in [-0.3, -0.25) is 0 Å². The lowest BCUT2D eigenvalue weighted by atomic mass is 9.89. The van der Waals surface area contributed by atoms with E-state index in [9.17, 15) is 5.11 Å². The van der Waals surface area contributed by atoms with E-state index in [2.05, 4.69) is 32.9 Å². The Kier molecular flexibility index (Phi) is 3.01. The second kappa shape index (κ2) is 3.74. The highest BCUT2D eigenvalue weighted by Gasteiger charge is 2.19. The number of aliphatic hydroxyl groups is 1. The van der Waals surface area contributed by atoms with E-state index in [1.165, 1.54) is 16.7 Å². The van der Waals surface area contributed by atoms with Crippen LogP contribution in [0.5, 0.6) is 0 Å². The summed E-state index contributed by atoms with van der Waals surface area (Å²) in [5, 5.41) is 10.0. The molecular formula is C13H20O. The van der Waals surface area contributed by atoms with E-state index in [1.807, 2.05) is 13.8 Å². The summed E-state index contributed by atoms with van der Waals surface area (Å²) in [6, 6.07) is 4.31. The third kappa shape index (κ3) is 2.16. The highest BCUT2D eigenvalue weighted by Crippen LogP contribution is 2.27. The first-order valence-electron chi connectivity index (χ1n) is 5.19. The first kappa shape index (κ1) is 11.3. The average Bonchev–Trinajstić information content (AvgIpc) is 2.07. The van der Waals surface area contributed by atoms with Crippen LogP contribution in [0, 0.1) is 13.8 Å². The Morgan fingerprint density at radius 1 is 1.21 bits per heavy atom. The zero-order valence-electron chi connectivity index (χ0n) is 9.81. The molecule has 14 heavy (non-hydrogen) atoms. The summed E-state index contributed by atoms with van der Waals surface area (Å²) in [7, 11) is 0. The van der Waals surface area contributed by atoms with E-state index in [0.29, 0.717) is 0 Å². The minimum Gasteiger partial charge on any atom is -0.386 e. The maximum absolute atomic E-state index is 10.0. The molecule has 0 radical (unpaired) electrons. The number of rotatable bonds is 2. The Hall–Kier alpha value is -0.820. The molecule has 0 saturated heterocycles. The molecule has 0 unspecified atom stereocenters. The molecule has 1 nitrogen and oxygen atoms in total. The van der Waals surface area contributed by atoms with Crippen LogP contribution in [0.3, 0.4) is 0 Å². The minimum absolute atomic E-state index is 0.736. The van der Waals surface area contributed by atoms with E-state index in [1.54, 1.807) is 0 Å². The summed E-state index contributed by atoms with van der Waals surface area (Å²) in [4.78, 5) is 0. The van der Waals surface area contributed by atoms with Crippen LogP contribution in [0.1, 0.15) is 43.0 Å². The largest absolute Gasteiger partial charge is 0.386 e. The summed E-state index contributed by atoms with van der Waals surface area (Å²) in [6.07, 6.45) is 1.02. The zero-order valence-corrected chi connectivity index (χ0v) is 9.81. The lowest BCUT2D eigenvalue weighted by molar-refractivity contribution is 0.0778. The molecule has 0 aromatic heterocycles. The molecule has 0 bridgehead atoms. The van der Waals surface area contributed by atoms with Crippen LogP contribution in [-0.4, -0.2) is 5.11 Å². The predicted octanol–water partition coefficient (Wildman–Crippen LogP) is 3.09. The second-order valence-electron chi connectivity index (χ2n) is 4.50. The van der Waals surface area contributed by atoms with Gasteiger partial charge in [0.1, 0.15) is 0 Å². The van der Waals surface area contributed by atoms with Gasteiger partial charge in [0.05, 0.1) is 5.60 Å². The van der Waals surface area contributed by atoms with Gasteiger partial charge in [0.15, 0.2) is 0 Å². The topological polar surface area (TPSA) is 20.2 Å². The average molecular weight is 192 g/mol. The predicted molar refractivity (Wildman–Crippen MR) is 60.5 cm³/mol. The SMILES string of the molecule is CCc1cc(C)c(C)c(C(C)(C)O)c1. The fourth-order valence-electron chi connectivity index (χ4n) is 1.77. The van der Waals surface area contributed by atoms with Gasteiger partial charge in [0, 0.05) is 0 Å². The maximum atomic E-state index is 10.0. The molecule has 1 aromatic carbocycles. The summed E-state index contributed by atoms with van der Waals surface area (Å²) in [6.45, 7) is 9.99. The summed E-state index contributed by atoms with van der Waals surface area (Å²) in [5.74, 6) is 0. The van der Waals surface area contributed by atoms with Crippen LogP contribution in [0.2, 0.25) is 0 Å². The molecule has 0 aliphatic heterocycles.